The second kappa shape index (κ2) is 8.46. The number of rotatable bonds is 7. The van der Waals surface area contributed by atoms with E-state index < -0.39 is 24.3 Å². The van der Waals surface area contributed by atoms with E-state index in [1.807, 2.05) is 32.3 Å². The highest BCUT2D eigenvalue weighted by molar-refractivity contribution is 6.03. The molecule has 2 aromatic rings. The lowest BCUT2D eigenvalue weighted by Gasteiger charge is -2.13. The van der Waals surface area contributed by atoms with Crippen LogP contribution in [0.3, 0.4) is 0 Å². The second-order valence-corrected chi connectivity index (χ2v) is 7.09. The van der Waals surface area contributed by atoms with E-state index in [-0.39, 0.29) is 18.3 Å². The smallest absolute Gasteiger partial charge is 0.340 e. The van der Waals surface area contributed by atoms with Crippen molar-refractivity contribution in [2.24, 2.45) is 0 Å². The molecule has 2 aromatic heterocycles. The van der Waals surface area contributed by atoms with Gasteiger partial charge in [-0.3, -0.25) is 4.79 Å². The van der Waals surface area contributed by atoms with E-state index in [1.165, 1.54) is 0 Å². The number of H-pyrrole nitrogens is 1. The average molecular weight is 388 g/mol. The summed E-state index contributed by atoms with van der Waals surface area (Å²) < 4.78 is 12.3. The third kappa shape index (κ3) is 4.03. The lowest BCUT2D eigenvalue weighted by Crippen LogP contribution is -2.16. The lowest BCUT2D eigenvalue weighted by molar-refractivity contribution is 0.0471. The minimum Gasteiger partial charge on any atom is -0.462 e. The number of hydrogen-bond acceptors (Lipinski definition) is 5. The molecular formula is C21H28N2O5. The summed E-state index contributed by atoms with van der Waals surface area (Å²) in [6, 6.07) is 1.99. The van der Waals surface area contributed by atoms with Crippen molar-refractivity contribution in [3.63, 3.8) is 0 Å². The van der Waals surface area contributed by atoms with Gasteiger partial charge in [0.05, 0.1) is 23.4 Å². The summed E-state index contributed by atoms with van der Waals surface area (Å²) in [6.07, 6.45) is 0. The first-order valence-corrected chi connectivity index (χ1v) is 9.35. The van der Waals surface area contributed by atoms with Crippen molar-refractivity contribution >= 4 is 17.7 Å². The van der Waals surface area contributed by atoms with Gasteiger partial charge in [0.2, 0.25) is 5.78 Å². The largest absolute Gasteiger partial charge is 0.462 e. The summed E-state index contributed by atoms with van der Waals surface area (Å²) >= 11 is 0. The number of aromatic amines is 1. The number of Topliss-reactive ketones (excluding diaryl/α,β-unsaturated/α-hetero) is 1. The second-order valence-electron chi connectivity index (χ2n) is 7.09. The van der Waals surface area contributed by atoms with E-state index in [0.717, 1.165) is 11.4 Å². The van der Waals surface area contributed by atoms with Crippen LogP contribution < -0.4 is 0 Å². The molecule has 0 aromatic carbocycles. The minimum absolute atomic E-state index is 0.217. The minimum atomic E-state index is -0.542. The van der Waals surface area contributed by atoms with Crippen LogP contribution in [0.2, 0.25) is 0 Å². The third-order valence-electron chi connectivity index (χ3n) is 4.75. The molecule has 28 heavy (non-hydrogen) atoms. The summed E-state index contributed by atoms with van der Waals surface area (Å²) in [5.41, 5.74) is 3.85. The predicted molar refractivity (Wildman–Crippen MR) is 105 cm³/mol. The van der Waals surface area contributed by atoms with Crippen LogP contribution in [0, 0.1) is 27.7 Å². The molecule has 0 saturated heterocycles. The van der Waals surface area contributed by atoms with Gasteiger partial charge in [0.25, 0.3) is 0 Å². The average Bonchev–Trinajstić information content (AvgIpc) is 3.08. The van der Waals surface area contributed by atoms with E-state index in [4.69, 9.17) is 9.47 Å². The van der Waals surface area contributed by atoms with Crippen molar-refractivity contribution in [1.82, 2.24) is 9.55 Å². The standard InChI is InChI=1S/C21H28N2O5/c1-8-27-21(26)18-13(5)19(22-14(18)6)17(24)10-28-20(25)16-9-12(4)23(11(2)3)15(16)7/h9,11,22H,8,10H2,1-7H3. The quantitative estimate of drug-likeness (QED) is 0.575. The fourth-order valence-electron chi connectivity index (χ4n) is 3.60. The van der Waals surface area contributed by atoms with Gasteiger partial charge in [0.1, 0.15) is 0 Å². The molecule has 0 aliphatic heterocycles. The number of ketones is 1. The Morgan fingerprint density at radius 1 is 1.07 bits per heavy atom. The highest BCUT2D eigenvalue weighted by Crippen LogP contribution is 2.22. The molecule has 2 heterocycles. The van der Waals surface area contributed by atoms with Crippen LogP contribution in [0.1, 0.15) is 80.7 Å². The molecule has 2 rings (SSSR count). The normalized spacial score (nSPS) is 11.0. The molecule has 7 heteroatoms. The van der Waals surface area contributed by atoms with E-state index >= 15 is 0 Å². The summed E-state index contributed by atoms with van der Waals surface area (Å²) in [5, 5.41) is 0. The lowest BCUT2D eigenvalue weighted by atomic mass is 10.1. The van der Waals surface area contributed by atoms with Gasteiger partial charge in [0, 0.05) is 23.1 Å². The van der Waals surface area contributed by atoms with Crippen molar-refractivity contribution < 1.29 is 23.9 Å². The van der Waals surface area contributed by atoms with Crippen molar-refractivity contribution in [1.29, 1.82) is 0 Å². The van der Waals surface area contributed by atoms with Crippen LogP contribution in [0.5, 0.6) is 0 Å². The molecule has 0 saturated carbocycles. The number of carbonyl (C=O) groups excluding carboxylic acids is 3. The summed E-state index contributed by atoms with van der Waals surface area (Å²) in [5.74, 6) is -1.42. The molecule has 0 unspecified atom stereocenters. The summed E-state index contributed by atoms with van der Waals surface area (Å²) in [4.78, 5) is 40.0. The van der Waals surface area contributed by atoms with Gasteiger partial charge in [-0.2, -0.15) is 0 Å². The molecule has 0 radical (unpaired) electrons. The summed E-state index contributed by atoms with van der Waals surface area (Å²) in [7, 11) is 0. The topological polar surface area (TPSA) is 90.4 Å². The van der Waals surface area contributed by atoms with Gasteiger partial charge >= 0.3 is 11.9 Å². The van der Waals surface area contributed by atoms with Gasteiger partial charge in [0.15, 0.2) is 6.61 Å². The van der Waals surface area contributed by atoms with Crippen molar-refractivity contribution in [2.45, 2.75) is 54.5 Å². The third-order valence-corrected chi connectivity index (χ3v) is 4.75. The first kappa shape index (κ1) is 21.5. The van der Waals surface area contributed by atoms with Crippen LogP contribution in [-0.4, -0.2) is 40.5 Å². The number of hydrogen-bond donors (Lipinski definition) is 1. The Labute approximate surface area is 165 Å². The molecule has 0 atom stereocenters. The number of ether oxygens (including phenoxy) is 2. The van der Waals surface area contributed by atoms with Gasteiger partial charge in [-0.05, 0) is 60.1 Å². The Balaban J connectivity index is 2.15. The molecule has 0 spiro atoms. The zero-order valence-electron chi connectivity index (χ0n) is 17.6. The molecule has 7 nitrogen and oxygen atoms in total. The highest BCUT2D eigenvalue weighted by atomic mass is 16.5. The number of esters is 2. The summed E-state index contributed by atoms with van der Waals surface area (Å²) in [6.45, 7) is 12.8. The molecule has 0 aliphatic carbocycles. The Morgan fingerprint density at radius 3 is 2.25 bits per heavy atom. The maximum absolute atomic E-state index is 12.5. The van der Waals surface area contributed by atoms with Crippen molar-refractivity contribution in [2.75, 3.05) is 13.2 Å². The number of carbonyl (C=O) groups is 3. The maximum atomic E-state index is 12.5. The molecule has 0 bridgehead atoms. The van der Waals surface area contributed by atoms with Gasteiger partial charge in [-0.1, -0.05) is 0 Å². The highest BCUT2D eigenvalue weighted by Gasteiger charge is 2.24. The number of aryl methyl sites for hydroxylation is 2. The Hall–Kier alpha value is -2.83. The number of aromatic nitrogens is 2. The number of nitrogens with zero attached hydrogens (tertiary/aromatic N) is 1. The van der Waals surface area contributed by atoms with Gasteiger partial charge in [-0.15, -0.1) is 0 Å². The molecule has 0 aliphatic rings. The van der Waals surface area contributed by atoms with E-state index in [9.17, 15) is 14.4 Å². The Morgan fingerprint density at radius 2 is 1.71 bits per heavy atom. The molecule has 152 valence electrons. The SMILES string of the molecule is CCOC(=O)c1c(C)[nH]c(C(=O)COC(=O)c2cc(C)n(C(C)C)c2C)c1C. The molecular weight excluding hydrogens is 360 g/mol. The molecule has 1 N–H and O–H groups in total. The fraction of sp³-hybridized carbons (Fsp3) is 0.476. The zero-order chi connectivity index (χ0) is 21.2. The van der Waals surface area contributed by atoms with Crippen LogP contribution in [0.4, 0.5) is 0 Å². The zero-order valence-corrected chi connectivity index (χ0v) is 17.6. The molecule has 0 amide bonds. The van der Waals surface area contributed by atoms with E-state index in [1.54, 1.807) is 26.8 Å². The van der Waals surface area contributed by atoms with Crippen LogP contribution >= 0.6 is 0 Å². The van der Waals surface area contributed by atoms with Crippen LogP contribution in [0.15, 0.2) is 6.07 Å². The Bertz CT molecular complexity index is 918. The van der Waals surface area contributed by atoms with Crippen molar-refractivity contribution in [3.8, 4) is 0 Å². The van der Waals surface area contributed by atoms with Crippen LogP contribution in [0.25, 0.3) is 0 Å². The van der Waals surface area contributed by atoms with Crippen molar-refractivity contribution in [3.05, 3.63) is 45.5 Å². The molecule has 0 fully saturated rings. The fourth-order valence-corrected chi connectivity index (χ4v) is 3.60. The monoisotopic (exact) mass is 388 g/mol. The number of nitrogens with one attached hydrogen (secondary N) is 1. The predicted octanol–water partition coefficient (Wildman–Crippen LogP) is 3.85. The Kier molecular flexibility index (Phi) is 6.48. The van der Waals surface area contributed by atoms with Gasteiger partial charge < -0.3 is 19.0 Å². The first-order chi connectivity index (χ1) is 13.1. The van der Waals surface area contributed by atoms with E-state index in [0.29, 0.717) is 22.4 Å². The maximum Gasteiger partial charge on any atom is 0.340 e. The first-order valence-electron chi connectivity index (χ1n) is 9.35. The van der Waals surface area contributed by atoms with Gasteiger partial charge in [-0.25, -0.2) is 9.59 Å². The van der Waals surface area contributed by atoms with E-state index in [2.05, 4.69) is 4.98 Å². The van der Waals surface area contributed by atoms with Crippen LogP contribution in [-0.2, 0) is 9.47 Å².